The summed E-state index contributed by atoms with van der Waals surface area (Å²) >= 11 is 12.9. The zero-order chi connectivity index (χ0) is 32.8. The fourth-order valence-electron chi connectivity index (χ4n) is 6.35. The summed E-state index contributed by atoms with van der Waals surface area (Å²) in [5, 5.41) is 3.57. The maximum atomic E-state index is 15.1. The van der Waals surface area contributed by atoms with Crippen molar-refractivity contribution >= 4 is 52.6 Å². The molecule has 3 aromatic rings. The first-order chi connectivity index (χ1) is 21.2. The molecule has 2 aliphatic rings. The van der Waals surface area contributed by atoms with Crippen molar-refractivity contribution in [3.63, 3.8) is 0 Å². The summed E-state index contributed by atoms with van der Waals surface area (Å²) in [6, 6.07) is 12.6. The first kappa shape index (κ1) is 32.2. The predicted molar refractivity (Wildman–Crippen MR) is 165 cm³/mol. The van der Waals surface area contributed by atoms with Crippen molar-refractivity contribution in [3.8, 4) is 5.75 Å². The highest BCUT2D eigenvalue weighted by molar-refractivity contribution is 6.31. The Morgan fingerprint density at radius 1 is 1.04 bits per heavy atom. The van der Waals surface area contributed by atoms with Gasteiger partial charge in [0.25, 0.3) is 0 Å². The van der Waals surface area contributed by atoms with Gasteiger partial charge in [0.05, 0.1) is 18.8 Å². The SMILES string of the molecule is COC(=O)C(C)(C)Oc1ccc(Cl)cc1[C@H]1CC(=O)N[C@@H](c2cc(F)ccc2C)[C@]12C(=O)N(COC(C)=O)c1cc(Cl)ccc12. The molecule has 1 spiro atoms. The monoisotopic (exact) mass is 656 g/mol. The van der Waals surface area contributed by atoms with Gasteiger partial charge in [0.2, 0.25) is 11.8 Å². The first-order valence-electron chi connectivity index (χ1n) is 14.1. The van der Waals surface area contributed by atoms with Gasteiger partial charge < -0.3 is 19.5 Å². The van der Waals surface area contributed by atoms with Gasteiger partial charge >= 0.3 is 11.9 Å². The second-order valence-corrected chi connectivity index (χ2v) is 12.4. The Balaban J connectivity index is 1.84. The lowest BCUT2D eigenvalue weighted by Gasteiger charge is -2.47. The highest BCUT2D eigenvalue weighted by Gasteiger charge is 2.64. The molecule has 2 aliphatic heterocycles. The largest absolute Gasteiger partial charge is 0.476 e. The molecule has 12 heteroatoms. The summed E-state index contributed by atoms with van der Waals surface area (Å²) in [5.74, 6) is -3.57. The molecule has 3 aromatic carbocycles. The second-order valence-electron chi connectivity index (χ2n) is 11.6. The van der Waals surface area contributed by atoms with E-state index in [4.69, 9.17) is 37.4 Å². The van der Waals surface area contributed by atoms with Gasteiger partial charge in [-0.2, -0.15) is 0 Å². The van der Waals surface area contributed by atoms with Crippen molar-refractivity contribution in [2.75, 3.05) is 18.7 Å². The van der Waals surface area contributed by atoms with Crippen molar-refractivity contribution in [2.24, 2.45) is 0 Å². The van der Waals surface area contributed by atoms with Gasteiger partial charge in [-0.1, -0.05) is 35.3 Å². The van der Waals surface area contributed by atoms with Crippen LogP contribution in [0.3, 0.4) is 0 Å². The summed E-state index contributed by atoms with van der Waals surface area (Å²) in [6.07, 6.45) is -0.213. The Morgan fingerprint density at radius 3 is 2.42 bits per heavy atom. The molecule has 0 saturated carbocycles. The van der Waals surface area contributed by atoms with Crippen LogP contribution in [0.1, 0.15) is 61.4 Å². The fourth-order valence-corrected chi connectivity index (χ4v) is 6.70. The van der Waals surface area contributed by atoms with E-state index in [1.807, 2.05) is 0 Å². The van der Waals surface area contributed by atoms with Gasteiger partial charge in [-0.05, 0) is 79.9 Å². The first-order valence-corrected chi connectivity index (χ1v) is 14.8. The molecule has 3 atom stereocenters. The number of nitrogens with one attached hydrogen (secondary N) is 1. The van der Waals surface area contributed by atoms with Crippen LogP contribution in [-0.4, -0.2) is 43.2 Å². The van der Waals surface area contributed by atoms with Crippen molar-refractivity contribution in [1.82, 2.24) is 5.32 Å². The van der Waals surface area contributed by atoms with Crippen LogP contribution in [0.5, 0.6) is 5.75 Å². The number of aryl methyl sites for hydroxylation is 1. The van der Waals surface area contributed by atoms with E-state index in [0.29, 0.717) is 33.0 Å². The number of hydrogen-bond acceptors (Lipinski definition) is 7. The minimum atomic E-state index is -1.65. The number of methoxy groups -OCH3 is 1. The Kier molecular flexibility index (Phi) is 8.59. The smallest absolute Gasteiger partial charge is 0.349 e. The van der Waals surface area contributed by atoms with E-state index in [0.717, 1.165) is 0 Å². The van der Waals surface area contributed by atoms with E-state index in [2.05, 4.69) is 5.32 Å². The number of fused-ring (bicyclic) bond motifs is 2. The summed E-state index contributed by atoms with van der Waals surface area (Å²) in [5.41, 5.74) is -0.947. The number of carbonyl (C=O) groups is 4. The van der Waals surface area contributed by atoms with E-state index >= 15 is 4.79 Å². The van der Waals surface area contributed by atoms with E-state index in [9.17, 15) is 18.8 Å². The molecule has 9 nitrogen and oxygen atoms in total. The van der Waals surface area contributed by atoms with Crippen LogP contribution in [0.25, 0.3) is 0 Å². The molecule has 236 valence electrons. The zero-order valence-electron chi connectivity index (χ0n) is 25.2. The van der Waals surface area contributed by atoms with Gasteiger partial charge in [0.15, 0.2) is 12.3 Å². The van der Waals surface area contributed by atoms with Gasteiger partial charge in [-0.3, -0.25) is 19.3 Å². The van der Waals surface area contributed by atoms with Crippen LogP contribution < -0.4 is 15.0 Å². The van der Waals surface area contributed by atoms with Crippen LogP contribution >= 0.6 is 23.2 Å². The van der Waals surface area contributed by atoms with Crippen LogP contribution in [0.4, 0.5) is 10.1 Å². The predicted octanol–water partition coefficient (Wildman–Crippen LogP) is 5.92. The van der Waals surface area contributed by atoms with Gasteiger partial charge in [0, 0.05) is 34.9 Å². The molecule has 0 aromatic heterocycles. The fraction of sp³-hybridized carbons (Fsp3) is 0.333. The third kappa shape index (κ3) is 5.61. The number of ether oxygens (including phenoxy) is 3. The van der Waals surface area contributed by atoms with Crippen LogP contribution in [0.2, 0.25) is 10.0 Å². The number of anilines is 1. The van der Waals surface area contributed by atoms with Crippen LogP contribution in [0.15, 0.2) is 54.6 Å². The normalized spacial score (nSPS) is 20.9. The van der Waals surface area contributed by atoms with Crippen LogP contribution in [-0.2, 0) is 34.1 Å². The lowest BCUT2D eigenvalue weighted by molar-refractivity contribution is -0.156. The molecular formula is C33H31Cl2FN2O7. The van der Waals surface area contributed by atoms with Crippen molar-refractivity contribution in [2.45, 2.75) is 57.1 Å². The number of nitrogens with zero attached hydrogens (tertiary/aromatic N) is 1. The van der Waals surface area contributed by atoms with E-state index in [-0.39, 0.29) is 17.2 Å². The molecule has 5 rings (SSSR count). The van der Waals surface area contributed by atoms with E-state index in [1.54, 1.807) is 49.4 Å². The topological polar surface area (TPSA) is 111 Å². The third-order valence-electron chi connectivity index (χ3n) is 8.33. The molecule has 1 saturated heterocycles. The Morgan fingerprint density at radius 2 is 1.73 bits per heavy atom. The van der Waals surface area contributed by atoms with Crippen molar-refractivity contribution in [3.05, 3.63) is 92.7 Å². The Hall–Kier alpha value is -4.15. The average molecular weight is 658 g/mol. The standard InChI is InChI=1S/C33H31Cl2FN2O7/c1-17-6-9-21(36)14-22(17)29-33(24-10-7-20(35)13-26(24)38(30(33)41)16-44-18(2)39)25(15-28(40)37-29)23-12-19(34)8-11-27(23)45-32(3,4)31(42)43-5/h6-14,25,29H,15-16H2,1-5H3,(H,37,40)/t25-,29+,33-/m1/s1. The van der Waals surface area contributed by atoms with Gasteiger partial charge in [-0.15, -0.1) is 0 Å². The van der Waals surface area contributed by atoms with Crippen molar-refractivity contribution in [1.29, 1.82) is 0 Å². The highest BCUT2D eigenvalue weighted by atomic mass is 35.5. The lowest BCUT2D eigenvalue weighted by Crippen LogP contribution is -2.58. The Bertz CT molecular complexity index is 1730. The molecule has 0 bridgehead atoms. The second kappa shape index (κ2) is 12.0. The van der Waals surface area contributed by atoms with E-state index in [1.165, 1.54) is 44.9 Å². The number of piperidine rings is 1. The number of halogens is 3. The Labute approximate surface area is 269 Å². The molecule has 0 aliphatic carbocycles. The molecule has 1 N–H and O–H groups in total. The van der Waals surface area contributed by atoms with E-state index < -0.39 is 59.3 Å². The molecule has 1 fully saturated rings. The summed E-state index contributed by atoms with van der Waals surface area (Å²) < 4.78 is 31.3. The molecule has 45 heavy (non-hydrogen) atoms. The average Bonchev–Trinajstić information content (AvgIpc) is 3.21. The summed E-state index contributed by atoms with van der Waals surface area (Å²) in [7, 11) is 1.24. The lowest BCUT2D eigenvalue weighted by atomic mass is 9.58. The van der Waals surface area contributed by atoms with Gasteiger partial charge in [-0.25, -0.2) is 9.18 Å². The summed E-state index contributed by atoms with van der Waals surface area (Å²) in [6.45, 7) is 5.59. The zero-order valence-corrected chi connectivity index (χ0v) is 26.7. The van der Waals surface area contributed by atoms with Crippen molar-refractivity contribution < 1.29 is 37.8 Å². The minimum Gasteiger partial charge on any atom is -0.476 e. The van der Waals surface area contributed by atoms with Crippen LogP contribution in [0, 0.1) is 12.7 Å². The third-order valence-corrected chi connectivity index (χ3v) is 8.80. The molecule has 2 amide bonds. The number of esters is 2. The number of rotatable bonds is 7. The molecule has 2 heterocycles. The number of amides is 2. The molecule has 0 unspecified atom stereocenters. The minimum absolute atomic E-state index is 0.185. The maximum absolute atomic E-state index is 15.1. The number of hydrogen-bond donors (Lipinski definition) is 1. The number of carbonyl (C=O) groups excluding carboxylic acids is 4. The quantitative estimate of drug-likeness (QED) is 0.314. The highest BCUT2D eigenvalue weighted by Crippen LogP contribution is 2.60. The molecular weight excluding hydrogens is 626 g/mol. The number of benzene rings is 3. The maximum Gasteiger partial charge on any atom is 0.349 e. The molecule has 0 radical (unpaired) electrons. The summed E-state index contributed by atoms with van der Waals surface area (Å²) in [4.78, 5) is 54.5. The van der Waals surface area contributed by atoms with Gasteiger partial charge in [0.1, 0.15) is 17.0 Å².